The van der Waals surface area contributed by atoms with E-state index < -0.39 is 8.56 Å². The molecule has 0 saturated carbocycles. The highest BCUT2D eigenvalue weighted by Crippen LogP contribution is 2.39. The molecule has 0 N–H and O–H groups in total. The third kappa shape index (κ3) is 6.95. The Morgan fingerprint density at radius 2 is 1.52 bits per heavy atom. The monoisotopic (exact) mass is 420 g/mol. The summed E-state index contributed by atoms with van der Waals surface area (Å²) in [6, 6.07) is 8.02. The normalized spacial score (nSPS) is 21.5. The molecule has 1 heterocycles. The zero-order chi connectivity index (χ0) is 21.3. The Morgan fingerprint density at radius 1 is 0.931 bits per heavy atom. The van der Waals surface area contributed by atoms with Crippen molar-refractivity contribution >= 4 is 8.56 Å². The number of ether oxygens (including phenoxy) is 2. The van der Waals surface area contributed by atoms with Crippen molar-refractivity contribution in [2.75, 3.05) is 13.7 Å². The van der Waals surface area contributed by atoms with Crippen LogP contribution < -0.4 is 4.74 Å². The summed E-state index contributed by atoms with van der Waals surface area (Å²) in [6.07, 6.45) is 9.00. The van der Waals surface area contributed by atoms with Gasteiger partial charge in [0.2, 0.25) is 0 Å². The summed E-state index contributed by atoms with van der Waals surface area (Å²) in [7, 11) is -0.650. The van der Waals surface area contributed by atoms with Gasteiger partial charge >= 0.3 is 8.56 Å². The van der Waals surface area contributed by atoms with E-state index in [1.54, 1.807) is 7.11 Å². The van der Waals surface area contributed by atoms with E-state index in [4.69, 9.17) is 18.3 Å². The van der Waals surface area contributed by atoms with Crippen molar-refractivity contribution in [1.82, 2.24) is 0 Å². The van der Waals surface area contributed by atoms with Gasteiger partial charge in [0.25, 0.3) is 0 Å². The van der Waals surface area contributed by atoms with Gasteiger partial charge in [-0.1, -0.05) is 71.7 Å². The molecule has 1 aromatic rings. The molecule has 0 unspecified atom stereocenters. The first kappa shape index (κ1) is 24.1. The molecule has 1 aliphatic rings. The first-order valence-corrected chi connectivity index (χ1v) is 13.1. The minimum Gasteiger partial charge on any atom is -0.497 e. The van der Waals surface area contributed by atoms with E-state index in [1.165, 1.54) is 12.8 Å². The van der Waals surface area contributed by atoms with Gasteiger partial charge in [0.1, 0.15) is 5.75 Å². The largest absolute Gasteiger partial charge is 0.497 e. The molecule has 0 radical (unpaired) electrons. The lowest BCUT2D eigenvalue weighted by molar-refractivity contribution is 0.0686. The number of hydrogen-bond donors (Lipinski definition) is 0. The molecule has 0 saturated heterocycles. The second-order valence-corrected chi connectivity index (χ2v) is 12.8. The van der Waals surface area contributed by atoms with Crippen LogP contribution in [0, 0.1) is 0 Å². The fraction of sp³-hybridized carbons (Fsp3) is 0.667. The lowest BCUT2D eigenvalue weighted by Gasteiger charge is -2.40. The second kappa shape index (κ2) is 11.9. The minimum absolute atomic E-state index is 0.0639. The summed E-state index contributed by atoms with van der Waals surface area (Å²) in [5.41, 5.74) is 1.97. The maximum absolute atomic E-state index is 6.75. The molecule has 29 heavy (non-hydrogen) atoms. The quantitative estimate of drug-likeness (QED) is 0.236. The zero-order valence-corrected chi connectivity index (χ0v) is 20.1. The van der Waals surface area contributed by atoms with E-state index in [-0.39, 0.29) is 12.2 Å². The summed E-state index contributed by atoms with van der Waals surface area (Å²) in [5.74, 6) is 0.868. The van der Waals surface area contributed by atoms with Crippen LogP contribution in [0.5, 0.6) is 5.75 Å². The maximum atomic E-state index is 6.75. The number of methoxy groups -OCH3 is 1. The molecule has 5 heteroatoms. The Morgan fingerprint density at radius 3 is 2.03 bits per heavy atom. The van der Waals surface area contributed by atoms with Gasteiger partial charge in [-0.25, -0.2) is 0 Å². The minimum atomic E-state index is -2.33. The van der Waals surface area contributed by atoms with Crippen LogP contribution in [0.25, 0.3) is 0 Å². The van der Waals surface area contributed by atoms with E-state index >= 15 is 0 Å². The van der Waals surface area contributed by atoms with Gasteiger partial charge in [-0.3, -0.25) is 0 Å². The number of unbranched alkanes of at least 4 members (excludes halogenated alkanes) is 1. The lowest BCUT2D eigenvalue weighted by Crippen LogP contribution is -2.51. The summed E-state index contributed by atoms with van der Waals surface area (Å²) in [6.45, 7) is 12.5. The van der Waals surface area contributed by atoms with Crippen molar-refractivity contribution in [3.05, 3.63) is 42.0 Å². The lowest BCUT2D eigenvalue weighted by atomic mass is 10.1. The third-order valence-corrected chi connectivity index (χ3v) is 10.2. The van der Waals surface area contributed by atoms with Gasteiger partial charge in [0.05, 0.1) is 25.9 Å². The molecule has 0 aliphatic carbocycles. The van der Waals surface area contributed by atoms with Crippen LogP contribution >= 0.6 is 0 Å². The molecule has 2 atom stereocenters. The molecule has 1 aliphatic heterocycles. The van der Waals surface area contributed by atoms with Gasteiger partial charge in [0, 0.05) is 6.61 Å². The van der Waals surface area contributed by atoms with Crippen LogP contribution in [0.15, 0.2) is 36.4 Å². The number of hydrogen-bond acceptors (Lipinski definition) is 4. The van der Waals surface area contributed by atoms with Gasteiger partial charge < -0.3 is 18.3 Å². The molecule has 0 bridgehead atoms. The van der Waals surface area contributed by atoms with E-state index in [0.717, 1.165) is 24.2 Å². The van der Waals surface area contributed by atoms with E-state index in [0.29, 0.717) is 24.3 Å². The predicted molar refractivity (Wildman–Crippen MR) is 122 cm³/mol. The third-order valence-electron chi connectivity index (χ3n) is 5.64. The fourth-order valence-corrected chi connectivity index (χ4v) is 7.68. The molecule has 164 valence electrons. The number of rotatable bonds is 11. The van der Waals surface area contributed by atoms with Crippen LogP contribution in [0.3, 0.4) is 0 Å². The SMILES string of the molecule is CCCC[C@H]1C=C[C@@H](CCOCc2ccc(OC)cc2)O[Si](C(C)C)(C(C)C)O1. The molecule has 0 aromatic heterocycles. The van der Waals surface area contributed by atoms with Crippen LogP contribution in [0.2, 0.25) is 11.1 Å². The van der Waals surface area contributed by atoms with Crippen LogP contribution in [0.1, 0.15) is 65.9 Å². The molecule has 1 aromatic carbocycles. The van der Waals surface area contributed by atoms with E-state index in [9.17, 15) is 0 Å². The summed E-state index contributed by atoms with van der Waals surface area (Å²) in [4.78, 5) is 0. The molecule has 2 rings (SSSR count). The molecule has 0 amide bonds. The van der Waals surface area contributed by atoms with Crippen molar-refractivity contribution in [1.29, 1.82) is 0 Å². The standard InChI is InChI=1S/C24H40O4Si/c1-7-8-9-23-14-15-24(28-29(27-23,19(2)3)20(4)5)16-17-26-18-21-10-12-22(25-6)13-11-21/h10-15,19-20,23-24H,7-9,16-18H2,1-6H3/t23-,24-/m0/s1. The first-order chi connectivity index (χ1) is 13.9. The number of benzene rings is 1. The topological polar surface area (TPSA) is 36.9 Å². The van der Waals surface area contributed by atoms with Crippen LogP contribution in [0.4, 0.5) is 0 Å². The Labute approximate surface area is 178 Å². The van der Waals surface area contributed by atoms with E-state index in [1.807, 2.05) is 24.3 Å². The van der Waals surface area contributed by atoms with Gasteiger partial charge in [-0.05, 0) is 41.6 Å². The second-order valence-electron chi connectivity index (χ2n) is 8.56. The van der Waals surface area contributed by atoms with Gasteiger partial charge in [-0.15, -0.1) is 0 Å². The zero-order valence-electron chi connectivity index (χ0n) is 19.1. The van der Waals surface area contributed by atoms with Crippen LogP contribution in [-0.2, 0) is 20.2 Å². The molecule has 0 fully saturated rings. The van der Waals surface area contributed by atoms with E-state index in [2.05, 4.69) is 46.8 Å². The highest BCUT2D eigenvalue weighted by atomic mass is 28.4. The Kier molecular flexibility index (Phi) is 9.90. The predicted octanol–water partition coefficient (Wildman–Crippen LogP) is 6.39. The van der Waals surface area contributed by atoms with Crippen molar-refractivity contribution in [2.24, 2.45) is 0 Å². The fourth-order valence-electron chi connectivity index (χ4n) is 3.87. The average molecular weight is 421 g/mol. The molecule has 4 nitrogen and oxygen atoms in total. The smallest absolute Gasteiger partial charge is 0.344 e. The van der Waals surface area contributed by atoms with Crippen LogP contribution in [-0.4, -0.2) is 34.5 Å². The summed E-state index contributed by atoms with van der Waals surface area (Å²) in [5, 5.41) is 0. The Balaban J connectivity index is 1.96. The molecular weight excluding hydrogens is 380 g/mol. The summed E-state index contributed by atoms with van der Waals surface area (Å²) < 4.78 is 24.6. The van der Waals surface area contributed by atoms with Crippen molar-refractivity contribution in [3.63, 3.8) is 0 Å². The maximum Gasteiger partial charge on any atom is 0.344 e. The van der Waals surface area contributed by atoms with Gasteiger partial charge in [0.15, 0.2) is 0 Å². The molecule has 0 spiro atoms. The average Bonchev–Trinajstić information content (AvgIpc) is 2.91. The Bertz CT molecular complexity index is 604. The Hall–Kier alpha value is -1.14. The van der Waals surface area contributed by atoms with Crippen molar-refractivity contribution in [2.45, 2.75) is 90.2 Å². The highest BCUT2D eigenvalue weighted by Gasteiger charge is 2.48. The van der Waals surface area contributed by atoms with Gasteiger partial charge in [-0.2, -0.15) is 0 Å². The van der Waals surface area contributed by atoms with Crippen molar-refractivity contribution < 1.29 is 18.3 Å². The highest BCUT2D eigenvalue weighted by molar-refractivity contribution is 6.70. The van der Waals surface area contributed by atoms with Crippen molar-refractivity contribution in [3.8, 4) is 5.75 Å². The molecular formula is C24H40O4Si. The first-order valence-electron chi connectivity index (χ1n) is 11.2. The summed E-state index contributed by atoms with van der Waals surface area (Å²) >= 11 is 0.